The molecule has 1 saturated carbocycles. The summed E-state index contributed by atoms with van der Waals surface area (Å²) >= 11 is 0. The first kappa shape index (κ1) is 14.4. The molecule has 1 fully saturated rings. The largest absolute Gasteiger partial charge is 0.416 e. The Bertz CT molecular complexity index is 403. The topological polar surface area (TPSA) is 0 Å². The van der Waals surface area contributed by atoms with Gasteiger partial charge in [-0.1, -0.05) is 57.2 Å². The molecule has 106 valence electrons. The van der Waals surface area contributed by atoms with Gasteiger partial charge in [-0.2, -0.15) is 13.2 Å². The molecule has 1 aliphatic carbocycles. The van der Waals surface area contributed by atoms with Crippen molar-refractivity contribution in [1.82, 2.24) is 0 Å². The standard InChI is InChI=1S/C16H21F3/c1-12(14-7-3-2-4-8-14)10-13-6-5-9-15(11-13)16(17,18)19/h5-6,9,11-12,14H,2-4,7-8,10H2,1H3. The van der Waals surface area contributed by atoms with Gasteiger partial charge in [0.25, 0.3) is 0 Å². The fraction of sp³-hybridized carbons (Fsp3) is 0.625. The Hall–Kier alpha value is -0.990. The molecule has 0 aromatic heterocycles. The van der Waals surface area contributed by atoms with Gasteiger partial charge in [-0.3, -0.25) is 0 Å². The van der Waals surface area contributed by atoms with Crippen molar-refractivity contribution in [2.24, 2.45) is 11.8 Å². The molecule has 0 N–H and O–H groups in total. The van der Waals surface area contributed by atoms with Crippen molar-refractivity contribution in [3.05, 3.63) is 35.4 Å². The summed E-state index contributed by atoms with van der Waals surface area (Å²) in [6.45, 7) is 2.18. The quantitative estimate of drug-likeness (QED) is 0.683. The summed E-state index contributed by atoms with van der Waals surface area (Å²) in [6.07, 6.45) is 2.86. The molecule has 3 heteroatoms. The average molecular weight is 270 g/mol. The molecule has 1 aromatic rings. The molecule has 1 unspecified atom stereocenters. The zero-order valence-corrected chi connectivity index (χ0v) is 11.3. The molecule has 1 aliphatic rings. The zero-order valence-electron chi connectivity index (χ0n) is 11.3. The van der Waals surface area contributed by atoms with Crippen LogP contribution in [0.2, 0.25) is 0 Å². The highest BCUT2D eigenvalue weighted by Crippen LogP contribution is 2.33. The van der Waals surface area contributed by atoms with Crippen LogP contribution in [0.4, 0.5) is 13.2 Å². The second-order valence-electron chi connectivity index (χ2n) is 5.78. The minimum absolute atomic E-state index is 0.476. The monoisotopic (exact) mass is 270 g/mol. The lowest BCUT2D eigenvalue weighted by atomic mass is 9.78. The fourth-order valence-corrected chi connectivity index (χ4v) is 3.12. The van der Waals surface area contributed by atoms with Gasteiger partial charge in [-0.15, -0.1) is 0 Å². The lowest BCUT2D eigenvalue weighted by Crippen LogP contribution is -2.17. The summed E-state index contributed by atoms with van der Waals surface area (Å²) in [5.74, 6) is 1.16. The molecule has 0 bridgehead atoms. The molecule has 2 rings (SSSR count). The number of alkyl halides is 3. The summed E-state index contributed by atoms with van der Waals surface area (Å²) < 4.78 is 38.0. The van der Waals surface area contributed by atoms with Crippen molar-refractivity contribution < 1.29 is 13.2 Å². The Morgan fingerprint density at radius 3 is 2.47 bits per heavy atom. The second kappa shape index (κ2) is 5.98. The number of halogens is 3. The molecule has 0 heterocycles. The molecular formula is C16H21F3. The van der Waals surface area contributed by atoms with Crippen molar-refractivity contribution >= 4 is 0 Å². The van der Waals surface area contributed by atoms with Gasteiger partial charge in [0.05, 0.1) is 5.56 Å². The maximum Gasteiger partial charge on any atom is 0.416 e. The Morgan fingerprint density at radius 2 is 1.84 bits per heavy atom. The Morgan fingerprint density at radius 1 is 1.16 bits per heavy atom. The highest BCUT2D eigenvalue weighted by Gasteiger charge is 2.30. The summed E-state index contributed by atoms with van der Waals surface area (Å²) in [6, 6.07) is 5.79. The third kappa shape index (κ3) is 3.99. The van der Waals surface area contributed by atoms with E-state index >= 15 is 0 Å². The van der Waals surface area contributed by atoms with E-state index < -0.39 is 11.7 Å². The summed E-state index contributed by atoms with van der Waals surface area (Å²) in [5, 5.41) is 0. The number of rotatable bonds is 3. The minimum Gasteiger partial charge on any atom is -0.166 e. The average Bonchev–Trinajstić information content (AvgIpc) is 2.39. The predicted octanol–water partition coefficient (Wildman–Crippen LogP) is 5.46. The van der Waals surface area contributed by atoms with E-state index in [2.05, 4.69) is 6.92 Å². The predicted molar refractivity (Wildman–Crippen MR) is 70.9 cm³/mol. The lowest BCUT2D eigenvalue weighted by molar-refractivity contribution is -0.137. The fourth-order valence-electron chi connectivity index (χ4n) is 3.12. The molecule has 0 aliphatic heterocycles. The molecule has 19 heavy (non-hydrogen) atoms. The smallest absolute Gasteiger partial charge is 0.166 e. The van der Waals surface area contributed by atoms with Gasteiger partial charge in [-0.25, -0.2) is 0 Å². The van der Waals surface area contributed by atoms with E-state index in [0.29, 0.717) is 11.8 Å². The van der Waals surface area contributed by atoms with E-state index in [1.807, 2.05) is 6.07 Å². The van der Waals surface area contributed by atoms with Gasteiger partial charge in [0.15, 0.2) is 0 Å². The van der Waals surface area contributed by atoms with Crippen LogP contribution in [0.5, 0.6) is 0 Å². The van der Waals surface area contributed by atoms with Crippen LogP contribution in [0.15, 0.2) is 24.3 Å². The minimum atomic E-state index is -4.23. The SMILES string of the molecule is CC(Cc1cccc(C(F)(F)F)c1)C1CCCCC1. The summed E-state index contributed by atoms with van der Waals surface area (Å²) in [7, 11) is 0. The Kier molecular flexibility index (Phi) is 4.54. The molecule has 0 amide bonds. The normalized spacial score (nSPS) is 19.4. The van der Waals surface area contributed by atoms with E-state index in [4.69, 9.17) is 0 Å². The van der Waals surface area contributed by atoms with Crippen LogP contribution >= 0.6 is 0 Å². The van der Waals surface area contributed by atoms with Crippen LogP contribution in [0.25, 0.3) is 0 Å². The molecule has 1 aromatic carbocycles. The van der Waals surface area contributed by atoms with Gasteiger partial charge in [-0.05, 0) is 29.9 Å². The van der Waals surface area contributed by atoms with Crippen molar-refractivity contribution in [2.75, 3.05) is 0 Å². The second-order valence-corrected chi connectivity index (χ2v) is 5.78. The number of hydrogen-bond acceptors (Lipinski definition) is 0. The zero-order chi connectivity index (χ0) is 13.9. The van der Waals surface area contributed by atoms with Gasteiger partial charge in [0.2, 0.25) is 0 Å². The molecule has 0 saturated heterocycles. The third-order valence-corrected chi connectivity index (χ3v) is 4.27. The van der Waals surface area contributed by atoms with E-state index in [-0.39, 0.29) is 0 Å². The van der Waals surface area contributed by atoms with Crippen LogP contribution in [0.3, 0.4) is 0 Å². The highest BCUT2D eigenvalue weighted by atomic mass is 19.4. The maximum absolute atomic E-state index is 12.7. The Labute approximate surface area is 113 Å². The van der Waals surface area contributed by atoms with Crippen molar-refractivity contribution in [3.8, 4) is 0 Å². The van der Waals surface area contributed by atoms with E-state index in [1.165, 1.54) is 44.2 Å². The molecule has 0 spiro atoms. The molecular weight excluding hydrogens is 249 g/mol. The van der Waals surface area contributed by atoms with Gasteiger partial charge in [0, 0.05) is 0 Å². The van der Waals surface area contributed by atoms with E-state index in [9.17, 15) is 13.2 Å². The third-order valence-electron chi connectivity index (χ3n) is 4.27. The van der Waals surface area contributed by atoms with E-state index in [0.717, 1.165) is 18.1 Å². The summed E-state index contributed by atoms with van der Waals surface area (Å²) in [4.78, 5) is 0. The maximum atomic E-state index is 12.7. The van der Waals surface area contributed by atoms with Crippen molar-refractivity contribution in [1.29, 1.82) is 0 Å². The number of benzene rings is 1. The van der Waals surface area contributed by atoms with E-state index in [1.54, 1.807) is 0 Å². The first-order valence-electron chi connectivity index (χ1n) is 7.13. The lowest BCUT2D eigenvalue weighted by Gasteiger charge is -2.27. The molecule has 0 nitrogen and oxygen atoms in total. The number of hydrogen-bond donors (Lipinski definition) is 0. The molecule has 0 radical (unpaired) electrons. The van der Waals surface area contributed by atoms with Crippen LogP contribution in [0, 0.1) is 11.8 Å². The summed E-state index contributed by atoms with van der Waals surface area (Å²) in [5.41, 5.74) is 0.286. The van der Waals surface area contributed by atoms with Gasteiger partial charge >= 0.3 is 6.18 Å². The first-order valence-corrected chi connectivity index (χ1v) is 7.13. The van der Waals surface area contributed by atoms with Crippen LogP contribution < -0.4 is 0 Å². The Balaban J connectivity index is 2.02. The van der Waals surface area contributed by atoms with Gasteiger partial charge in [0.1, 0.15) is 0 Å². The first-order chi connectivity index (χ1) is 8.97. The van der Waals surface area contributed by atoms with Crippen LogP contribution in [-0.4, -0.2) is 0 Å². The molecule has 1 atom stereocenters. The highest BCUT2D eigenvalue weighted by molar-refractivity contribution is 5.26. The van der Waals surface area contributed by atoms with Crippen LogP contribution in [0.1, 0.15) is 50.2 Å². The van der Waals surface area contributed by atoms with Crippen LogP contribution in [-0.2, 0) is 12.6 Å². The van der Waals surface area contributed by atoms with Crippen molar-refractivity contribution in [3.63, 3.8) is 0 Å². The van der Waals surface area contributed by atoms with Crippen molar-refractivity contribution in [2.45, 2.75) is 51.6 Å². The van der Waals surface area contributed by atoms with Gasteiger partial charge < -0.3 is 0 Å².